The van der Waals surface area contributed by atoms with Crippen LogP contribution in [0.1, 0.15) is 16.1 Å². The van der Waals surface area contributed by atoms with Crippen LogP contribution in [-0.4, -0.2) is 30.4 Å². The van der Waals surface area contributed by atoms with E-state index in [1.165, 1.54) is 29.0 Å². The number of carbonyl (C=O) groups excluding carboxylic acids is 1. The van der Waals surface area contributed by atoms with Crippen molar-refractivity contribution in [3.63, 3.8) is 0 Å². The Morgan fingerprint density at radius 1 is 1.23 bits per heavy atom. The monoisotopic (exact) mass is 333 g/mol. The van der Waals surface area contributed by atoms with E-state index in [4.69, 9.17) is 0 Å². The highest BCUT2D eigenvalue weighted by molar-refractivity contribution is 7.89. The summed E-state index contributed by atoms with van der Waals surface area (Å²) in [5.41, 5.74) is -2.13. The number of hydrogen-bond acceptors (Lipinski definition) is 4. The molecule has 0 fully saturated rings. The number of nitrogens with zero attached hydrogens (tertiary/aromatic N) is 2. The number of nitrogens with one attached hydrogen (secondary N) is 1. The molecule has 0 aliphatic carbocycles. The molecule has 1 heterocycles. The van der Waals surface area contributed by atoms with Gasteiger partial charge in [0.1, 0.15) is 0 Å². The Labute approximate surface area is 123 Å². The highest BCUT2D eigenvalue weighted by Gasteiger charge is 2.40. The molecule has 0 radical (unpaired) electrons. The normalized spacial score (nSPS) is 12.2. The van der Waals surface area contributed by atoms with Gasteiger partial charge < -0.3 is 0 Å². The fraction of sp³-hybridized carbons (Fsp3) is 0.167. The minimum absolute atomic E-state index is 0.0910. The Bertz CT molecular complexity index is 798. The fourth-order valence-electron chi connectivity index (χ4n) is 1.78. The molecule has 1 aromatic heterocycles. The highest BCUT2D eigenvalue weighted by atomic mass is 32.2. The maximum Gasteiger partial charge on any atom is 0.434 e. The van der Waals surface area contributed by atoms with Crippen LogP contribution in [0.2, 0.25) is 0 Å². The van der Waals surface area contributed by atoms with Gasteiger partial charge in [0.15, 0.2) is 5.69 Å². The number of alkyl halides is 3. The molecule has 1 N–H and O–H groups in total. The van der Waals surface area contributed by atoms with Crippen molar-refractivity contribution in [1.82, 2.24) is 14.5 Å². The standard InChI is InChI=1S/C12H10F3N3O3S/c1-22(20,21)17-11(19)9-7-16-18(10(9)12(13,14)15)8-5-3-2-4-6-8/h2-7H,1H3,(H,17,19). The van der Waals surface area contributed by atoms with E-state index in [1.54, 1.807) is 6.07 Å². The Hall–Kier alpha value is -2.36. The minimum Gasteiger partial charge on any atom is -0.268 e. The largest absolute Gasteiger partial charge is 0.434 e. The summed E-state index contributed by atoms with van der Waals surface area (Å²) in [5, 5.41) is 3.54. The van der Waals surface area contributed by atoms with Gasteiger partial charge in [0.25, 0.3) is 5.91 Å². The van der Waals surface area contributed by atoms with Gasteiger partial charge in [0.05, 0.1) is 23.7 Å². The van der Waals surface area contributed by atoms with E-state index in [-0.39, 0.29) is 5.69 Å². The van der Waals surface area contributed by atoms with Gasteiger partial charge in [0.2, 0.25) is 10.0 Å². The van der Waals surface area contributed by atoms with Crippen molar-refractivity contribution in [2.45, 2.75) is 6.18 Å². The third kappa shape index (κ3) is 3.45. The SMILES string of the molecule is CS(=O)(=O)NC(=O)c1cnn(-c2ccccc2)c1C(F)(F)F. The molecule has 0 aliphatic heterocycles. The summed E-state index contributed by atoms with van der Waals surface area (Å²) in [4.78, 5) is 11.7. The number of rotatable bonds is 3. The number of benzene rings is 1. The van der Waals surface area contributed by atoms with Crippen LogP contribution in [0, 0.1) is 0 Å². The third-order valence-corrected chi connectivity index (χ3v) is 3.12. The Kier molecular flexibility index (Phi) is 3.96. The van der Waals surface area contributed by atoms with Crippen LogP contribution in [-0.2, 0) is 16.2 Å². The van der Waals surface area contributed by atoms with Gasteiger partial charge in [-0.05, 0) is 12.1 Å². The van der Waals surface area contributed by atoms with Crippen LogP contribution in [0.4, 0.5) is 13.2 Å². The zero-order valence-corrected chi connectivity index (χ0v) is 11.9. The van der Waals surface area contributed by atoms with Crippen LogP contribution in [0.5, 0.6) is 0 Å². The van der Waals surface area contributed by atoms with Gasteiger partial charge in [-0.15, -0.1) is 0 Å². The number of para-hydroxylation sites is 1. The summed E-state index contributed by atoms with van der Waals surface area (Å²) >= 11 is 0. The molecule has 0 saturated carbocycles. The number of sulfonamides is 1. The lowest BCUT2D eigenvalue weighted by Gasteiger charge is -2.12. The van der Waals surface area contributed by atoms with E-state index in [1.807, 2.05) is 0 Å². The van der Waals surface area contributed by atoms with Crippen LogP contribution in [0.25, 0.3) is 5.69 Å². The second kappa shape index (κ2) is 5.44. The fourth-order valence-corrected chi connectivity index (χ4v) is 2.22. The zero-order valence-electron chi connectivity index (χ0n) is 11.1. The Morgan fingerprint density at radius 2 is 1.82 bits per heavy atom. The molecule has 0 bridgehead atoms. The zero-order chi connectivity index (χ0) is 16.5. The number of carbonyl (C=O) groups is 1. The molecule has 1 aromatic carbocycles. The molecular formula is C12H10F3N3O3S. The first-order chi connectivity index (χ1) is 10.1. The Morgan fingerprint density at radius 3 is 2.32 bits per heavy atom. The van der Waals surface area contributed by atoms with Crippen molar-refractivity contribution in [1.29, 1.82) is 0 Å². The number of amides is 1. The number of aromatic nitrogens is 2. The molecule has 0 aliphatic rings. The molecule has 118 valence electrons. The molecule has 6 nitrogen and oxygen atoms in total. The van der Waals surface area contributed by atoms with Crippen LogP contribution in [0.3, 0.4) is 0 Å². The lowest BCUT2D eigenvalue weighted by atomic mass is 10.2. The lowest BCUT2D eigenvalue weighted by Crippen LogP contribution is -2.31. The van der Waals surface area contributed by atoms with Crippen LogP contribution in [0.15, 0.2) is 36.5 Å². The van der Waals surface area contributed by atoms with Crippen LogP contribution >= 0.6 is 0 Å². The second-order valence-corrected chi connectivity index (χ2v) is 6.10. The first-order valence-electron chi connectivity index (χ1n) is 5.82. The minimum atomic E-state index is -4.89. The van der Waals surface area contributed by atoms with Crippen molar-refractivity contribution < 1.29 is 26.4 Å². The van der Waals surface area contributed by atoms with Crippen molar-refractivity contribution >= 4 is 15.9 Å². The van der Waals surface area contributed by atoms with E-state index in [0.29, 0.717) is 17.1 Å². The smallest absolute Gasteiger partial charge is 0.268 e. The Balaban J connectivity index is 2.58. The van der Waals surface area contributed by atoms with E-state index in [0.717, 1.165) is 0 Å². The van der Waals surface area contributed by atoms with Gasteiger partial charge in [-0.2, -0.15) is 18.3 Å². The number of halogens is 3. The molecule has 0 unspecified atom stereocenters. The maximum atomic E-state index is 13.2. The molecule has 22 heavy (non-hydrogen) atoms. The summed E-state index contributed by atoms with van der Waals surface area (Å²) in [6.07, 6.45) is -3.55. The second-order valence-electron chi connectivity index (χ2n) is 4.36. The molecule has 0 saturated heterocycles. The summed E-state index contributed by atoms with van der Waals surface area (Å²) in [6.45, 7) is 0. The molecule has 0 atom stereocenters. The summed E-state index contributed by atoms with van der Waals surface area (Å²) < 4.78 is 63.7. The van der Waals surface area contributed by atoms with Crippen molar-refractivity contribution in [2.75, 3.05) is 6.26 Å². The summed E-state index contributed by atoms with van der Waals surface area (Å²) in [6, 6.07) is 7.37. The van der Waals surface area contributed by atoms with Gasteiger partial charge in [-0.25, -0.2) is 17.8 Å². The molecular weight excluding hydrogens is 323 g/mol. The lowest BCUT2D eigenvalue weighted by molar-refractivity contribution is -0.143. The van der Waals surface area contributed by atoms with Gasteiger partial charge in [-0.3, -0.25) is 4.79 Å². The van der Waals surface area contributed by atoms with Gasteiger partial charge >= 0.3 is 6.18 Å². The molecule has 1 amide bonds. The third-order valence-electron chi connectivity index (χ3n) is 2.56. The molecule has 2 aromatic rings. The maximum absolute atomic E-state index is 13.2. The van der Waals surface area contributed by atoms with Crippen molar-refractivity contribution in [3.05, 3.63) is 47.8 Å². The average Bonchev–Trinajstić information content (AvgIpc) is 2.82. The summed E-state index contributed by atoms with van der Waals surface area (Å²) in [5.74, 6) is -1.39. The summed E-state index contributed by atoms with van der Waals surface area (Å²) in [7, 11) is -3.99. The van der Waals surface area contributed by atoms with Gasteiger partial charge in [0, 0.05) is 0 Å². The van der Waals surface area contributed by atoms with E-state index >= 15 is 0 Å². The quantitative estimate of drug-likeness (QED) is 0.925. The van der Waals surface area contributed by atoms with Crippen molar-refractivity contribution in [3.8, 4) is 5.69 Å². The predicted molar refractivity (Wildman–Crippen MR) is 70.9 cm³/mol. The molecule has 0 spiro atoms. The predicted octanol–water partition coefficient (Wildman–Crippen LogP) is 1.58. The molecule has 10 heteroatoms. The van der Waals surface area contributed by atoms with Gasteiger partial charge in [-0.1, -0.05) is 18.2 Å². The molecule has 2 rings (SSSR count). The van der Waals surface area contributed by atoms with E-state index < -0.39 is 33.4 Å². The van der Waals surface area contributed by atoms with Crippen molar-refractivity contribution in [2.24, 2.45) is 0 Å². The highest BCUT2D eigenvalue weighted by Crippen LogP contribution is 2.33. The first kappa shape index (κ1) is 16.0. The first-order valence-corrected chi connectivity index (χ1v) is 7.71. The van der Waals surface area contributed by atoms with E-state index in [9.17, 15) is 26.4 Å². The topological polar surface area (TPSA) is 81.1 Å². The van der Waals surface area contributed by atoms with E-state index in [2.05, 4.69) is 5.10 Å². The number of hydrogen-bond donors (Lipinski definition) is 1. The van der Waals surface area contributed by atoms with Crippen LogP contribution < -0.4 is 4.72 Å². The average molecular weight is 333 g/mol.